The van der Waals surface area contributed by atoms with E-state index in [0.717, 1.165) is 57.8 Å². The molecule has 2 N–H and O–H groups in total. The summed E-state index contributed by atoms with van der Waals surface area (Å²) in [4.78, 5) is 57.8. The molecule has 9 rings (SSSR count). The summed E-state index contributed by atoms with van der Waals surface area (Å²) in [5.41, 5.74) is -0.249. The zero-order chi connectivity index (χ0) is 44.6. The highest BCUT2D eigenvalue weighted by Gasteiger charge is 2.53. The highest BCUT2D eigenvalue weighted by molar-refractivity contribution is 5.97. The lowest BCUT2D eigenvalue weighted by atomic mass is 9.53. The Labute approximate surface area is 386 Å². The second-order valence-electron chi connectivity index (χ2n) is 22.1. The molecular formula is C52H88N4O8. The zero-order valence-electron chi connectivity index (χ0n) is 40.1. The van der Waals surface area contributed by atoms with Gasteiger partial charge in [-0.05, 0) is 119 Å². The fourth-order valence-corrected chi connectivity index (χ4v) is 14.2. The average Bonchev–Trinajstić information content (AvgIpc) is 3.22. The summed E-state index contributed by atoms with van der Waals surface area (Å²) in [6.45, 7) is 6.09. The van der Waals surface area contributed by atoms with E-state index in [1.807, 2.05) is 0 Å². The minimum Gasteiger partial charge on any atom is -0.377 e. The van der Waals surface area contributed by atoms with Crippen LogP contribution in [0.3, 0.4) is 0 Å². The van der Waals surface area contributed by atoms with E-state index >= 15 is 0 Å². The van der Waals surface area contributed by atoms with Gasteiger partial charge >= 0.3 is 0 Å². The third kappa shape index (κ3) is 15.4. The number of hydrogen-bond acceptors (Lipinski definition) is 8. The molecule has 1 unspecified atom stereocenters. The Morgan fingerprint density at radius 2 is 0.828 bits per heavy atom. The SMILES string of the molecule is CCCCCCCCCCCCCCC1COCCN(C(=O)CC(=O)NC23CC4CC(CC(C4)C2)C3)CCOCCOCCN(C(=O)CC(=O)NC23CC4CC(CC(C4)C2)C3)CCO1. The van der Waals surface area contributed by atoms with Crippen molar-refractivity contribution in [2.45, 2.75) is 197 Å². The Balaban J connectivity index is 0.884. The van der Waals surface area contributed by atoms with Crippen LogP contribution in [0.2, 0.25) is 0 Å². The maximum absolute atomic E-state index is 13.8. The van der Waals surface area contributed by atoms with E-state index in [4.69, 9.17) is 18.9 Å². The van der Waals surface area contributed by atoms with Crippen molar-refractivity contribution in [2.75, 3.05) is 72.4 Å². The van der Waals surface area contributed by atoms with Gasteiger partial charge in [0, 0.05) is 37.3 Å². The van der Waals surface area contributed by atoms with Crippen LogP contribution in [0.1, 0.15) is 180 Å². The predicted molar refractivity (Wildman–Crippen MR) is 248 cm³/mol. The molecule has 64 heavy (non-hydrogen) atoms. The van der Waals surface area contributed by atoms with Crippen molar-refractivity contribution in [3.8, 4) is 0 Å². The van der Waals surface area contributed by atoms with Crippen LogP contribution in [-0.4, -0.2) is 123 Å². The standard InChI is InChI=1S/C52H88N4O8/c1-2-3-4-5-6-7-8-9-10-11-12-13-14-46-39-63-21-17-55(49(59)31-47(57)53-51-33-40-25-41(34-51)27-42(26-40)35-51)15-19-61-23-24-62-20-16-56(18-22-64-46)50(60)32-48(58)54-52-36-43-28-44(37-52)30-45(29-43)38-52/h40-46H,2-39H2,1H3,(H,53,57)(H,54,58). The topological polar surface area (TPSA) is 136 Å². The van der Waals surface area contributed by atoms with E-state index in [2.05, 4.69) is 17.6 Å². The van der Waals surface area contributed by atoms with Crippen molar-refractivity contribution < 1.29 is 38.1 Å². The molecule has 0 aromatic carbocycles. The van der Waals surface area contributed by atoms with Gasteiger partial charge < -0.3 is 39.4 Å². The summed E-state index contributed by atoms with van der Waals surface area (Å²) in [6.07, 6.45) is 29.9. The van der Waals surface area contributed by atoms with Gasteiger partial charge in [-0.15, -0.1) is 0 Å². The molecule has 9 aliphatic rings. The molecule has 12 heteroatoms. The van der Waals surface area contributed by atoms with E-state index in [9.17, 15) is 19.2 Å². The van der Waals surface area contributed by atoms with Crippen molar-refractivity contribution >= 4 is 23.6 Å². The van der Waals surface area contributed by atoms with Crippen molar-refractivity contribution in [1.82, 2.24) is 20.4 Å². The van der Waals surface area contributed by atoms with Crippen LogP contribution in [0, 0.1) is 35.5 Å². The first-order valence-corrected chi connectivity index (χ1v) is 26.7. The summed E-state index contributed by atoms with van der Waals surface area (Å²) in [6, 6.07) is 0. The van der Waals surface area contributed by atoms with Gasteiger partial charge in [0.15, 0.2) is 0 Å². The average molecular weight is 897 g/mol. The van der Waals surface area contributed by atoms with Crippen LogP contribution >= 0.6 is 0 Å². The Morgan fingerprint density at radius 1 is 0.469 bits per heavy atom. The van der Waals surface area contributed by atoms with E-state index in [1.54, 1.807) is 9.80 Å². The van der Waals surface area contributed by atoms with Gasteiger partial charge in [-0.25, -0.2) is 0 Å². The minimum absolute atomic E-state index is 0.124. The number of amides is 4. The first-order valence-electron chi connectivity index (χ1n) is 26.7. The third-order valence-electron chi connectivity index (χ3n) is 16.5. The largest absolute Gasteiger partial charge is 0.377 e. The summed E-state index contributed by atoms with van der Waals surface area (Å²) >= 11 is 0. The Hall–Kier alpha value is -2.28. The molecule has 364 valence electrons. The number of carbonyl (C=O) groups is 4. The molecule has 1 atom stereocenters. The van der Waals surface area contributed by atoms with E-state index in [-0.39, 0.29) is 53.7 Å². The summed E-state index contributed by atoms with van der Waals surface area (Å²) in [5, 5.41) is 6.76. The zero-order valence-corrected chi connectivity index (χ0v) is 40.1. The van der Waals surface area contributed by atoms with Gasteiger partial charge in [0.2, 0.25) is 23.6 Å². The lowest BCUT2D eigenvalue weighted by molar-refractivity contribution is -0.142. The summed E-state index contributed by atoms with van der Waals surface area (Å²) in [5.74, 6) is 3.60. The van der Waals surface area contributed by atoms with E-state index < -0.39 is 0 Å². The lowest BCUT2D eigenvalue weighted by Crippen LogP contribution is -2.60. The number of carbonyl (C=O) groups excluding carboxylic acids is 4. The molecule has 0 aromatic rings. The van der Waals surface area contributed by atoms with Crippen molar-refractivity contribution in [3.63, 3.8) is 0 Å². The number of nitrogens with zero attached hydrogens (tertiary/aromatic N) is 2. The van der Waals surface area contributed by atoms with Gasteiger partial charge in [0.25, 0.3) is 0 Å². The fourth-order valence-electron chi connectivity index (χ4n) is 14.2. The van der Waals surface area contributed by atoms with Crippen LogP contribution in [0.4, 0.5) is 0 Å². The number of unbranched alkanes of at least 4 members (excludes halogenated alkanes) is 11. The van der Waals surface area contributed by atoms with Crippen LogP contribution in [0.25, 0.3) is 0 Å². The number of hydrogen-bond donors (Lipinski definition) is 2. The molecule has 4 amide bonds. The maximum atomic E-state index is 13.8. The maximum Gasteiger partial charge on any atom is 0.232 e. The number of nitrogens with one attached hydrogen (secondary N) is 2. The molecule has 1 heterocycles. The molecule has 8 bridgehead atoms. The summed E-state index contributed by atoms with van der Waals surface area (Å²) < 4.78 is 24.6. The van der Waals surface area contributed by atoms with E-state index in [0.29, 0.717) is 108 Å². The molecule has 8 saturated carbocycles. The molecule has 1 saturated heterocycles. The van der Waals surface area contributed by atoms with Crippen LogP contribution in [0.5, 0.6) is 0 Å². The Kier molecular flexibility index (Phi) is 19.5. The first kappa shape index (κ1) is 49.6. The van der Waals surface area contributed by atoms with Gasteiger partial charge in [-0.2, -0.15) is 0 Å². The van der Waals surface area contributed by atoms with Gasteiger partial charge in [-0.3, -0.25) is 19.2 Å². The fraction of sp³-hybridized carbons (Fsp3) is 0.923. The number of ether oxygens (including phenoxy) is 4. The highest BCUT2D eigenvalue weighted by atomic mass is 16.5. The van der Waals surface area contributed by atoms with Crippen LogP contribution < -0.4 is 10.6 Å². The molecule has 12 nitrogen and oxygen atoms in total. The van der Waals surface area contributed by atoms with Gasteiger partial charge in [-0.1, -0.05) is 84.0 Å². The molecule has 0 aromatic heterocycles. The molecule has 0 radical (unpaired) electrons. The van der Waals surface area contributed by atoms with Crippen molar-refractivity contribution in [3.05, 3.63) is 0 Å². The number of rotatable bonds is 19. The minimum atomic E-state index is -0.194. The predicted octanol–water partition coefficient (Wildman–Crippen LogP) is 8.13. The molecule has 0 spiro atoms. The molecule has 9 fully saturated rings. The highest BCUT2D eigenvalue weighted by Crippen LogP contribution is 2.56. The van der Waals surface area contributed by atoms with Crippen LogP contribution in [0.15, 0.2) is 0 Å². The quantitative estimate of drug-likeness (QED) is 0.0981. The Morgan fingerprint density at radius 3 is 1.23 bits per heavy atom. The van der Waals surface area contributed by atoms with Gasteiger partial charge in [0.1, 0.15) is 12.8 Å². The van der Waals surface area contributed by atoms with Crippen molar-refractivity contribution in [2.24, 2.45) is 35.5 Å². The second kappa shape index (κ2) is 25.2. The van der Waals surface area contributed by atoms with E-state index in [1.165, 1.54) is 103 Å². The Bertz CT molecular complexity index is 1400. The molecular weight excluding hydrogens is 809 g/mol. The van der Waals surface area contributed by atoms with Crippen LogP contribution in [-0.2, 0) is 38.1 Å². The lowest BCUT2D eigenvalue weighted by Gasteiger charge is -2.56. The second-order valence-corrected chi connectivity index (χ2v) is 22.1. The van der Waals surface area contributed by atoms with Gasteiger partial charge in [0.05, 0.1) is 52.4 Å². The molecule has 1 aliphatic heterocycles. The monoisotopic (exact) mass is 897 g/mol. The smallest absolute Gasteiger partial charge is 0.232 e. The van der Waals surface area contributed by atoms with Crippen molar-refractivity contribution in [1.29, 1.82) is 0 Å². The molecule has 8 aliphatic carbocycles. The normalized spacial score (nSPS) is 33.4. The first-order chi connectivity index (χ1) is 31.2. The third-order valence-corrected chi connectivity index (χ3v) is 16.5. The summed E-state index contributed by atoms with van der Waals surface area (Å²) in [7, 11) is 0.